The Hall–Kier alpha value is 0.960. The molecule has 0 aliphatic rings. The first-order valence-corrected chi connectivity index (χ1v) is 3.28. The van der Waals surface area contributed by atoms with Gasteiger partial charge in [0, 0.05) is 0 Å². The van der Waals surface area contributed by atoms with Gasteiger partial charge in [0.25, 0.3) is 0 Å². The summed E-state index contributed by atoms with van der Waals surface area (Å²) >= 11 is 0.884. The van der Waals surface area contributed by atoms with E-state index in [0.717, 1.165) is 34.4 Å². The van der Waals surface area contributed by atoms with E-state index in [1.54, 1.807) is 0 Å². The molecule has 0 radical (unpaired) electrons. The van der Waals surface area contributed by atoms with Crippen molar-refractivity contribution in [3.8, 4) is 0 Å². The van der Waals surface area contributed by atoms with Gasteiger partial charge in [-0.2, -0.15) is 0 Å². The van der Waals surface area contributed by atoms with E-state index in [2.05, 4.69) is 0 Å². The van der Waals surface area contributed by atoms with E-state index in [-0.39, 0.29) is 2.85 Å². The molecule has 1 atom stereocenters. The molecule has 0 aliphatic heterocycles. The minimum atomic E-state index is -0.319. The third-order valence-corrected chi connectivity index (χ3v) is 1.57. The Morgan fingerprint density at radius 3 is 2.00 bits per heavy atom. The molecular weight excluding hydrogens is 87.0 g/mol. The van der Waals surface area contributed by atoms with Gasteiger partial charge in [-0.3, -0.25) is 0 Å². The summed E-state index contributed by atoms with van der Waals surface area (Å²) in [6, 6.07) is 0. The van der Waals surface area contributed by atoms with Crippen molar-refractivity contribution in [2.24, 2.45) is 0 Å². The maximum absolute atomic E-state index is 8.89. The van der Waals surface area contributed by atoms with E-state index in [0.29, 0.717) is 0 Å². The molecule has 0 aromatic rings. The predicted octanol–water partition coefficient (Wildman–Crippen LogP) is 0.273. The van der Waals surface area contributed by atoms with Crippen molar-refractivity contribution in [1.82, 2.24) is 0 Å². The van der Waals surface area contributed by atoms with E-state index >= 15 is 0 Å². The summed E-state index contributed by atoms with van der Waals surface area (Å²) in [6.45, 7) is 3.85. The summed E-state index contributed by atoms with van der Waals surface area (Å²) in [5.41, 5.74) is 0. The van der Waals surface area contributed by atoms with Crippen molar-refractivity contribution in [2.75, 3.05) is 0 Å². The molecule has 1 unspecified atom stereocenters. The van der Waals surface area contributed by atoms with Crippen molar-refractivity contribution in [1.29, 1.82) is 0 Å². The molecule has 32 valence electrons. The standard InChI is InChI=1S/C4H9O.Na/c1-3-4(2)5;/h5H,3H2,1-2H3;. The zero-order valence-corrected chi connectivity index (χ0v) is 6.65. The van der Waals surface area contributed by atoms with Gasteiger partial charge in [-0.15, -0.1) is 0 Å². The molecule has 1 nitrogen and oxygen atoms in total. The second-order valence-electron chi connectivity index (χ2n) is 2.17. The predicted molar refractivity (Wildman–Crippen MR) is 26.7 cm³/mol. The Morgan fingerprint density at radius 2 is 2.00 bits per heavy atom. The molecule has 1 N–H and O–H groups in total. The zero-order valence-electron chi connectivity index (χ0n) is 4.65. The normalized spacial score (nSPS) is 20.2. The van der Waals surface area contributed by atoms with Crippen LogP contribution in [-0.4, -0.2) is 35.9 Å². The van der Waals surface area contributed by atoms with Crippen LogP contribution in [0.1, 0.15) is 20.3 Å². The van der Waals surface area contributed by atoms with Crippen LogP contribution in [0, 0.1) is 0 Å². The Kier molecular flexibility index (Phi) is 2.68. The summed E-state index contributed by atoms with van der Waals surface area (Å²) in [4.78, 5) is 0. The summed E-state index contributed by atoms with van der Waals surface area (Å²) in [5.74, 6) is 0. The first-order chi connectivity index (χ1) is 2.56. The SMILES string of the molecule is CC[C](C)(O)[Na]. The molecule has 0 amide bonds. The second kappa shape index (κ2) is 2.31. The third kappa shape index (κ3) is 4.96. The van der Waals surface area contributed by atoms with E-state index < -0.39 is 0 Å². The average molecular weight is 96.1 g/mol. The van der Waals surface area contributed by atoms with E-state index in [1.165, 1.54) is 0 Å². The molecule has 0 rings (SSSR count). The molecule has 0 aliphatic carbocycles. The minimum absolute atomic E-state index is 0.319. The summed E-state index contributed by atoms with van der Waals surface area (Å²) in [6.07, 6.45) is 0.888. The van der Waals surface area contributed by atoms with Crippen LogP contribution >= 0.6 is 0 Å². The fraction of sp³-hybridized carbons (Fsp3) is 1.00. The van der Waals surface area contributed by atoms with Crippen LogP contribution in [0.2, 0.25) is 0 Å². The van der Waals surface area contributed by atoms with Crippen molar-refractivity contribution < 1.29 is 5.11 Å². The fourth-order valence-electron chi connectivity index (χ4n) is 0. The van der Waals surface area contributed by atoms with E-state index in [4.69, 9.17) is 5.11 Å². The van der Waals surface area contributed by atoms with Crippen molar-refractivity contribution in [3.05, 3.63) is 0 Å². The molecule has 6 heavy (non-hydrogen) atoms. The number of aliphatic hydroxyl groups is 1. The molecule has 0 fully saturated rings. The van der Waals surface area contributed by atoms with Gasteiger partial charge in [0.05, 0.1) is 0 Å². The van der Waals surface area contributed by atoms with E-state index in [1.807, 2.05) is 13.8 Å². The van der Waals surface area contributed by atoms with Crippen LogP contribution in [-0.2, 0) is 0 Å². The van der Waals surface area contributed by atoms with Gasteiger partial charge in [-0.05, 0) is 0 Å². The topological polar surface area (TPSA) is 20.2 Å². The molecular formula is C4H9NaO. The van der Waals surface area contributed by atoms with Gasteiger partial charge in [0.15, 0.2) is 0 Å². The van der Waals surface area contributed by atoms with Crippen molar-refractivity contribution in [2.45, 2.75) is 23.1 Å². The zero-order chi connectivity index (χ0) is 5.21. The summed E-state index contributed by atoms with van der Waals surface area (Å²) in [5, 5.41) is 8.89. The van der Waals surface area contributed by atoms with Crippen LogP contribution in [0.3, 0.4) is 0 Å². The summed E-state index contributed by atoms with van der Waals surface area (Å²) in [7, 11) is 0. The van der Waals surface area contributed by atoms with Crippen LogP contribution in [0.4, 0.5) is 0 Å². The van der Waals surface area contributed by atoms with Crippen molar-refractivity contribution >= 4 is 27.9 Å². The van der Waals surface area contributed by atoms with Crippen LogP contribution in [0.15, 0.2) is 0 Å². The molecule has 2 heteroatoms. The molecule has 0 bridgehead atoms. The first kappa shape index (κ1) is 6.96. The fourth-order valence-corrected chi connectivity index (χ4v) is 0. The molecule has 0 saturated carbocycles. The number of hydrogen-bond donors (Lipinski definition) is 1. The Balaban J connectivity index is 3.17. The molecule has 0 saturated heterocycles. The quantitative estimate of drug-likeness (QED) is 0.465. The van der Waals surface area contributed by atoms with Crippen LogP contribution in [0.5, 0.6) is 0 Å². The second-order valence-corrected chi connectivity index (χ2v) is 4.32. The van der Waals surface area contributed by atoms with E-state index in [9.17, 15) is 0 Å². The van der Waals surface area contributed by atoms with Gasteiger partial charge in [-0.25, -0.2) is 0 Å². The molecule has 0 aromatic heterocycles. The molecule has 0 aromatic carbocycles. The number of hydrogen-bond acceptors (Lipinski definition) is 1. The van der Waals surface area contributed by atoms with Gasteiger partial charge < -0.3 is 0 Å². The van der Waals surface area contributed by atoms with Crippen LogP contribution in [0.25, 0.3) is 0 Å². The Labute approximate surface area is 56.2 Å². The monoisotopic (exact) mass is 96.1 g/mol. The molecule has 0 spiro atoms. The summed E-state index contributed by atoms with van der Waals surface area (Å²) < 4.78 is -0.319. The first-order valence-electron chi connectivity index (χ1n) is 2.28. The van der Waals surface area contributed by atoms with Gasteiger partial charge in [0.2, 0.25) is 0 Å². The maximum atomic E-state index is 8.89. The number of rotatable bonds is 1. The third-order valence-electron chi connectivity index (χ3n) is 0.865. The molecule has 0 heterocycles. The van der Waals surface area contributed by atoms with Crippen LogP contribution < -0.4 is 0 Å². The van der Waals surface area contributed by atoms with Crippen molar-refractivity contribution in [3.63, 3.8) is 0 Å². The average Bonchev–Trinajstić information content (AvgIpc) is 1.35. The van der Waals surface area contributed by atoms with Gasteiger partial charge in [-0.1, -0.05) is 0 Å². The van der Waals surface area contributed by atoms with Gasteiger partial charge >= 0.3 is 56.2 Å². The Morgan fingerprint density at radius 1 is 1.83 bits per heavy atom. The van der Waals surface area contributed by atoms with Gasteiger partial charge in [0.1, 0.15) is 0 Å². The Bertz CT molecular complexity index is 37.3.